The Labute approximate surface area is 104 Å². The first-order valence-electron chi connectivity index (χ1n) is 5.25. The van der Waals surface area contributed by atoms with Crippen molar-refractivity contribution in [2.75, 3.05) is 6.54 Å². The summed E-state index contributed by atoms with van der Waals surface area (Å²) in [6.07, 6.45) is 0. The van der Waals surface area contributed by atoms with Crippen molar-refractivity contribution in [2.45, 2.75) is 19.9 Å². The van der Waals surface area contributed by atoms with Gasteiger partial charge in [0.15, 0.2) is 5.22 Å². The molecule has 1 N–H and O–H groups in total. The summed E-state index contributed by atoms with van der Waals surface area (Å²) in [6, 6.07) is 8.06. The summed E-state index contributed by atoms with van der Waals surface area (Å²) in [5.74, 6) is 0.869. The quantitative estimate of drug-likeness (QED) is 0.893. The fourth-order valence-corrected chi connectivity index (χ4v) is 2.75. The SMILES string of the molecule is CCNC(c1ccc(Cl)o1)c1ccc(C)s1. The lowest BCUT2D eigenvalue weighted by Gasteiger charge is -2.13. The number of nitrogens with one attached hydrogen (secondary N) is 1. The van der Waals surface area contributed by atoms with Crippen LogP contribution in [0.1, 0.15) is 28.5 Å². The van der Waals surface area contributed by atoms with Crippen molar-refractivity contribution in [3.8, 4) is 0 Å². The average molecular weight is 256 g/mol. The maximum absolute atomic E-state index is 5.81. The first-order valence-corrected chi connectivity index (χ1v) is 6.45. The molecule has 1 unspecified atom stereocenters. The zero-order chi connectivity index (χ0) is 11.5. The maximum Gasteiger partial charge on any atom is 0.193 e. The molecule has 2 rings (SSSR count). The van der Waals surface area contributed by atoms with Gasteiger partial charge in [-0.1, -0.05) is 6.92 Å². The molecule has 16 heavy (non-hydrogen) atoms. The van der Waals surface area contributed by atoms with E-state index in [-0.39, 0.29) is 6.04 Å². The second kappa shape index (κ2) is 5.04. The highest BCUT2D eigenvalue weighted by atomic mass is 35.5. The molecule has 0 aliphatic carbocycles. The molecular weight excluding hydrogens is 242 g/mol. The van der Waals surface area contributed by atoms with Gasteiger partial charge in [0.1, 0.15) is 11.8 Å². The van der Waals surface area contributed by atoms with Gasteiger partial charge in [0.05, 0.1) is 0 Å². The molecule has 0 aliphatic rings. The van der Waals surface area contributed by atoms with Crippen molar-refractivity contribution < 1.29 is 4.42 Å². The molecule has 0 fully saturated rings. The largest absolute Gasteiger partial charge is 0.448 e. The van der Waals surface area contributed by atoms with Crippen LogP contribution in [0.5, 0.6) is 0 Å². The van der Waals surface area contributed by atoms with Gasteiger partial charge in [0, 0.05) is 9.75 Å². The van der Waals surface area contributed by atoms with Crippen LogP contribution in [-0.4, -0.2) is 6.54 Å². The molecule has 0 bridgehead atoms. The Kier molecular flexibility index (Phi) is 3.69. The molecule has 0 saturated heterocycles. The third kappa shape index (κ3) is 2.48. The second-order valence-electron chi connectivity index (χ2n) is 3.58. The zero-order valence-electron chi connectivity index (χ0n) is 9.29. The Bertz CT molecular complexity index is 423. The van der Waals surface area contributed by atoms with Gasteiger partial charge in [-0.15, -0.1) is 11.3 Å². The normalized spacial score (nSPS) is 12.9. The van der Waals surface area contributed by atoms with Crippen molar-refractivity contribution in [3.05, 3.63) is 45.0 Å². The van der Waals surface area contributed by atoms with Crippen LogP contribution in [0, 0.1) is 6.92 Å². The van der Waals surface area contributed by atoms with Crippen LogP contribution in [0.25, 0.3) is 0 Å². The van der Waals surface area contributed by atoms with Gasteiger partial charge < -0.3 is 9.73 Å². The molecule has 0 saturated carbocycles. The van der Waals surface area contributed by atoms with Crippen molar-refractivity contribution in [1.29, 1.82) is 0 Å². The molecule has 1 atom stereocenters. The second-order valence-corrected chi connectivity index (χ2v) is 5.27. The minimum Gasteiger partial charge on any atom is -0.448 e. The molecule has 0 aromatic carbocycles. The maximum atomic E-state index is 5.81. The molecule has 0 spiro atoms. The van der Waals surface area contributed by atoms with Crippen LogP contribution in [0.15, 0.2) is 28.7 Å². The predicted molar refractivity (Wildman–Crippen MR) is 68.3 cm³/mol. The van der Waals surface area contributed by atoms with E-state index in [9.17, 15) is 0 Å². The van der Waals surface area contributed by atoms with E-state index in [1.54, 1.807) is 17.4 Å². The fraction of sp³-hybridized carbons (Fsp3) is 0.333. The summed E-state index contributed by atoms with van der Waals surface area (Å²) in [5.41, 5.74) is 0. The number of halogens is 1. The Balaban J connectivity index is 2.30. The first kappa shape index (κ1) is 11.7. The third-order valence-electron chi connectivity index (χ3n) is 2.33. The van der Waals surface area contributed by atoms with Crippen molar-refractivity contribution in [2.24, 2.45) is 0 Å². The predicted octanol–water partition coefficient (Wildman–Crippen LogP) is 4.00. The van der Waals surface area contributed by atoms with Gasteiger partial charge in [0.2, 0.25) is 0 Å². The molecule has 2 heterocycles. The fourth-order valence-electron chi connectivity index (χ4n) is 1.64. The smallest absolute Gasteiger partial charge is 0.193 e. The Morgan fingerprint density at radius 2 is 2.19 bits per heavy atom. The summed E-state index contributed by atoms with van der Waals surface area (Å²) in [7, 11) is 0. The lowest BCUT2D eigenvalue weighted by molar-refractivity contribution is 0.457. The summed E-state index contributed by atoms with van der Waals surface area (Å²) >= 11 is 7.58. The van der Waals surface area contributed by atoms with E-state index in [1.165, 1.54) is 9.75 Å². The van der Waals surface area contributed by atoms with Crippen LogP contribution in [0.3, 0.4) is 0 Å². The van der Waals surface area contributed by atoms with Crippen molar-refractivity contribution >= 4 is 22.9 Å². The number of furan rings is 1. The zero-order valence-corrected chi connectivity index (χ0v) is 10.9. The van der Waals surface area contributed by atoms with Gasteiger partial charge in [-0.2, -0.15) is 0 Å². The summed E-state index contributed by atoms with van der Waals surface area (Å²) in [6.45, 7) is 5.07. The van der Waals surface area contributed by atoms with Gasteiger partial charge in [-0.25, -0.2) is 0 Å². The van der Waals surface area contributed by atoms with Gasteiger partial charge in [-0.3, -0.25) is 0 Å². The highest BCUT2D eigenvalue weighted by Crippen LogP contribution is 2.30. The third-order valence-corrected chi connectivity index (χ3v) is 3.60. The Morgan fingerprint density at radius 1 is 1.38 bits per heavy atom. The summed E-state index contributed by atoms with van der Waals surface area (Å²) in [5, 5.41) is 3.84. The molecule has 2 nitrogen and oxygen atoms in total. The van der Waals surface area contributed by atoms with E-state index in [4.69, 9.17) is 16.0 Å². The van der Waals surface area contributed by atoms with Crippen LogP contribution < -0.4 is 5.32 Å². The van der Waals surface area contributed by atoms with Gasteiger partial charge >= 0.3 is 0 Å². The molecule has 2 aromatic rings. The molecule has 2 aromatic heterocycles. The molecule has 0 amide bonds. The number of hydrogen-bond acceptors (Lipinski definition) is 3. The minimum atomic E-state index is 0.108. The number of hydrogen-bond donors (Lipinski definition) is 1. The Hall–Kier alpha value is -0.770. The monoisotopic (exact) mass is 255 g/mol. The standard InChI is InChI=1S/C12H14ClNOS/c1-3-14-12(9-5-7-11(13)15-9)10-6-4-8(2)16-10/h4-7,12,14H,3H2,1-2H3. The van der Waals surface area contributed by atoms with E-state index < -0.39 is 0 Å². The van der Waals surface area contributed by atoms with Crippen molar-refractivity contribution in [1.82, 2.24) is 5.32 Å². The van der Waals surface area contributed by atoms with Crippen molar-refractivity contribution in [3.63, 3.8) is 0 Å². The van der Waals surface area contributed by atoms with E-state index in [0.29, 0.717) is 5.22 Å². The number of aryl methyl sites for hydroxylation is 1. The van der Waals surface area contributed by atoms with Crippen LogP contribution in [0.4, 0.5) is 0 Å². The number of rotatable bonds is 4. The minimum absolute atomic E-state index is 0.108. The van der Waals surface area contributed by atoms with Crippen LogP contribution >= 0.6 is 22.9 Å². The average Bonchev–Trinajstić information content (AvgIpc) is 2.84. The highest BCUT2D eigenvalue weighted by molar-refractivity contribution is 7.12. The first-order chi connectivity index (χ1) is 7.70. The van der Waals surface area contributed by atoms with Gasteiger partial charge in [0.25, 0.3) is 0 Å². The Morgan fingerprint density at radius 3 is 2.69 bits per heavy atom. The lowest BCUT2D eigenvalue weighted by Crippen LogP contribution is -2.20. The number of thiophene rings is 1. The lowest BCUT2D eigenvalue weighted by atomic mass is 10.2. The molecule has 0 radical (unpaired) electrons. The molecule has 0 aliphatic heterocycles. The summed E-state index contributed by atoms with van der Waals surface area (Å²) in [4.78, 5) is 2.56. The van der Waals surface area contributed by atoms with E-state index >= 15 is 0 Å². The molecular formula is C12H14ClNOS. The van der Waals surface area contributed by atoms with E-state index in [0.717, 1.165) is 12.3 Å². The summed E-state index contributed by atoms with van der Waals surface area (Å²) < 4.78 is 5.47. The van der Waals surface area contributed by atoms with Gasteiger partial charge in [-0.05, 0) is 49.3 Å². The topological polar surface area (TPSA) is 25.2 Å². The molecule has 4 heteroatoms. The van der Waals surface area contributed by atoms with Crippen LogP contribution in [0.2, 0.25) is 5.22 Å². The van der Waals surface area contributed by atoms with Crippen LogP contribution in [-0.2, 0) is 0 Å². The van der Waals surface area contributed by atoms with E-state index in [1.807, 2.05) is 6.07 Å². The molecule has 86 valence electrons. The highest BCUT2D eigenvalue weighted by Gasteiger charge is 2.18. The van der Waals surface area contributed by atoms with E-state index in [2.05, 4.69) is 31.3 Å².